The van der Waals surface area contributed by atoms with Crippen LogP contribution in [-0.4, -0.2) is 30.5 Å². The molecule has 1 aliphatic heterocycles. The first-order chi connectivity index (χ1) is 16.8. The number of aliphatic hydroxyl groups excluding tert-OH is 1. The van der Waals surface area contributed by atoms with Gasteiger partial charge >= 0.3 is 0 Å². The van der Waals surface area contributed by atoms with E-state index >= 15 is 0 Å². The molecule has 7 heteroatoms. The molecule has 6 nitrogen and oxygen atoms in total. The summed E-state index contributed by atoms with van der Waals surface area (Å²) in [6.45, 7) is 6.08. The summed E-state index contributed by atoms with van der Waals surface area (Å²) >= 11 is 3.46. The van der Waals surface area contributed by atoms with E-state index < -0.39 is 17.7 Å². The van der Waals surface area contributed by atoms with Gasteiger partial charge in [0, 0.05) is 15.7 Å². The van der Waals surface area contributed by atoms with E-state index in [-0.39, 0.29) is 11.3 Å². The quantitative estimate of drug-likeness (QED) is 0.234. The molecule has 1 aliphatic rings. The van der Waals surface area contributed by atoms with Gasteiger partial charge in [-0.2, -0.15) is 0 Å². The SMILES string of the molecule is CCOc1cc(C2/C(=C(/O)c3ccc(Br)c(C)c3)C(=O)C(=O)N2c2cccc(C)c2)ccc1OC. The van der Waals surface area contributed by atoms with E-state index in [1.165, 1.54) is 4.90 Å². The number of ketones is 1. The Bertz CT molecular complexity index is 1350. The molecule has 0 spiro atoms. The molecule has 3 aromatic carbocycles. The van der Waals surface area contributed by atoms with Crippen molar-refractivity contribution >= 4 is 39.1 Å². The number of carbonyl (C=O) groups excluding carboxylic acids is 2. The average Bonchev–Trinajstić information content (AvgIpc) is 3.11. The van der Waals surface area contributed by atoms with Gasteiger partial charge < -0.3 is 14.6 Å². The van der Waals surface area contributed by atoms with Crippen molar-refractivity contribution in [3.63, 3.8) is 0 Å². The first kappa shape index (κ1) is 24.5. The predicted octanol–water partition coefficient (Wildman–Crippen LogP) is 6.10. The van der Waals surface area contributed by atoms with Crippen molar-refractivity contribution in [2.45, 2.75) is 26.8 Å². The van der Waals surface area contributed by atoms with Crippen molar-refractivity contribution in [3.8, 4) is 11.5 Å². The van der Waals surface area contributed by atoms with Crippen LogP contribution < -0.4 is 14.4 Å². The Morgan fingerprint density at radius 3 is 2.46 bits per heavy atom. The van der Waals surface area contributed by atoms with E-state index in [2.05, 4.69) is 15.9 Å². The maximum absolute atomic E-state index is 13.4. The molecule has 1 saturated heterocycles. The molecule has 0 aromatic heterocycles. The van der Waals surface area contributed by atoms with Gasteiger partial charge in [-0.25, -0.2) is 0 Å². The normalized spacial score (nSPS) is 17.1. The smallest absolute Gasteiger partial charge is 0.300 e. The van der Waals surface area contributed by atoms with E-state index in [1.54, 1.807) is 49.6 Å². The second-order valence-corrected chi connectivity index (χ2v) is 9.17. The fourth-order valence-electron chi connectivity index (χ4n) is 4.27. The van der Waals surface area contributed by atoms with Crippen LogP contribution in [-0.2, 0) is 9.59 Å². The van der Waals surface area contributed by atoms with Gasteiger partial charge in [0.05, 0.1) is 25.3 Å². The van der Waals surface area contributed by atoms with Crippen LogP contribution in [0, 0.1) is 13.8 Å². The fourth-order valence-corrected chi connectivity index (χ4v) is 4.52. The maximum Gasteiger partial charge on any atom is 0.300 e. The number of aliphatic hydroxyl groups is 1. The van der Waals surface area contributed by atoms with Crippen molar-refractivity contribution in [1.82, 2.24) is 0 Å². The summed E-state index contributed by atoms with van der Waals surface area (Å²) in [6, 6.07) is 17.1. The number of amides is 1. The van der Waals surface area contributed by atoms with Crippen LogP contribution in [0.15, 0.2) is 70.7 Å². The lowest BCUT2D eigenvalue weighted by atomic mass is 9.94. The van der Waals surface area contributed by atoms with Gasteiger partial charge in [0.1, 0.15) is 5.76 Å². The van der Waals surface area contributed by atoms with Crippen molar-refractivity contribution < 1.29 is 24.2 Å². The molecule has 0 saturated carbocycles. The molecular formula is C28H26BrNO5. The summed E-state index contributed by atoms with van der Waals surface area (Å²) in [5.41, 5.74) is 3.49. The Kier molecular flexibility index (Phi) is 6.98. The molecule has 180 valence electrons. The monoisotopic (exact) mass is 535 g/mol. The number of aryl methyl sites for hydroxylation is 2. The van der Waals surface area contributed by atoms with Crippen molar-refractivity contribution in [3.05, 3.63) is 93.0 Å². The van der Waals surface area contributed by atoms with Crippen LogP contribution >= 0.6 is 15.9 Å². The highest BCUT2D eigenvalue weighted by Crippen LogP contribution is 2.44. The molecule has 1 N–H and O–H groups in total. The van der Waals surface area contributed by atoms with Crippen LogP contribution in [0.4, 0.5) is 5.69 Å². The first-order valence-corrected chi connectivity index (χ1v) is 12.0. The summed E-state index contributed by atoms with van der Waals surface area (Å²) in [5, 5.41) is 11.4. The Morgan fingerprint density at radius 1 is 1.03 bits per heavy atom. The third-order valence-electron chi connectivity index (χ3n) is 5.96. The van der Waals surface area contributed by atoms with Crippen LogP contribution in [0.2, 0.25) is 0 Å². The second kappa shape index (κ2) is 9.96. The molecule has 35 heavy (non-hydrogen) atoms. The standard InChI is InChI=1S/C28H26BrNO5/c1-5-35-23-15-18(10-12-22(23)34-4)25-24(26(31)19-9-11-21(29)17(3)14-19)27(32)28(33)30(25)20-8-6-7-16(2)13-20/h6-15,25,31H,5H2,1-4H3/b26-24-. The number of ether oxygens (including phenoxy) is 2. The second-order valence-electron chi connectivity index (χ2n) is 8.32. The molecule has 3 aromatic rings. The minimum Gasteiger partial charge on any atom is -0.507 e. The van der Waals surface area contributed by atoms with Gasteiger partial charge in [-0.05, 0) is 73.9 Å². The number of benzene rings is 3. The predicted molar refractivity (Wildman–Crippen MR) is 139 cm³/mol. The topological polar surface area (TPSA) is 76.1 Å². The van der Waals surface area contributed by atoms with E-state index in [9.17, 15) is 14.7 Å². The molecule has 1 atom stereocenters. The fraction of sp³-hybridized carbons (Fsp3) is 0.214. The number of hydrogen-bond acceptors (Lipinski definition) is 5. The maximum atomic E-state index is 13.4. The summed E-state index contributed by atoms with van der Waals surface area (Å²) in [6.07, 6.45) is 0. The van der Waals surface area contributed by atoms with Gasteiger partial charge in [0.15, 0.2) is 11.5 Å². The zero-order valence-corrected chi connectivity index (χ0v) is 21.5. The molecule has 0 aliphatic carbocycles. The number of nitrogens with zero attached hydrogens (tertiary/aromatic N) is 1. The molecule has 0 bridgehead atoms. The lowest BCUT2D eigenvalue weighted by molar-refractivity contribution is -0.132. The van der Waals surface area contributed by atoms with Gasteiger partial charge in [-0.15, -0.1) is 0 Å². The largest absolute Gasteiger partial charge is 0.507 e. The zero-order valence-electron chi connectivity index (χ0n) is 20.0. The minimum atomic E-state index is -0.856. The molecule has 1 amide bonds. The molecule has 0 radical (unpaired) electrons. The number of halogens is 1. The van der Waals surface area contributed by atoms with E-state index in [1.807, 2.05) is 39.0 Å². The number of rotatable bonds is 6. The lowest BCUT2D eigenvalue weighted by Crippen LogP contribution is -2.29. The summed E-state index contributed by atoms with van der Waals surface area (Å²) in [5.74, 6) is -0.658. The van der Waals surface area contributed by atoms with Gasteiger partial charge in [0.2, 0.25) is 0 Å². The Morgan fingerprint density at radius 2 is 1.80 bits per heavy atom. The molecule has 1 unspecified atom stereocenters. The highest BCUT2D eigenvalue weighted by molar-refractivity contribution is 9.10. The number of methoxy groups -OCH3 is 1. The van der Waals surface area contributed by atoms with E-state index in [4.69, 9.17) is 9.47 Å². The number of anilines is 1. The van der Waals surface area contributed by atoms with Crippen LogP contribution in [0.25, 0.3) is 5.76 Å². The first-order valence-electron chi connectivity index (χ1n) is 11.2. The number of carbonyl (C=O) groups is 2. The van der Waals surface area contributed by atoms with Crippen molar-refractivity contribution in [2.24, 2.45) is 0 Å². The Balaban J connectivity index is 1.98. The zero-order chi connectivity index (χ0) is 25.3. The van der Waals surface area contributed by atoms with Crippen LogP contribution in [0.5, 0.6) is 11.5 Å². The molecular weight excluding hydrogens is 510 g/mol. The van der Waals surface area contributed by atoms with Gasteiger partial charge in [-0.1, -0.05) is 40.2 Å². The molecule has 4 rings (SSSR count). The molecule has 1 fully saturated rings. The van der Waals surface area contributed by atoms with Gasteiger partial charge in [-0.3, -0.25) is 14.5 Å². The van der Waals surface area contributed by atoms with Gasteiger partial charge in [0.25, 0.3) is 11.7 Å². The Labute approximate surface area is 212 Å². The highest BCUT2D eigenvalue weighted by atomic mass is 79.9. The summed E-state index contributed by atoms with van der Waals surface area (Å²) in [4.78, 5) is 28.2. The van der Waals surface area contributed by atoms with E-state index in [0.717, 1.165) is 15.6 Å². The third kappa shape index (κ3) is 4.56. The minimum absolute atomic E-state index is 0.0193. The third-order valence-corrected chi connectivity index (χ3v) is 6.85. The average molecular weight is 536 g/mol. The van der Waals surface area contributed by atoms with Crippen molar-refractivity contribution in [2.75, 3.05) is 18.6 Å². The highest BCUT2D eigenvalue weighted by Gasteiger charge is 2.47. The van der Waals surface area contributed by atoms with Crippen molar-refractivity contribution in [1.29, 1.82) is 0 Å². The summed E-state index contributed by atoms with van der Waals surface area (Å²) in [7, 11) is 1.55. The Hall–Kier alpha value is -3.58. The number of hydrogen-bond donors (Lipinski definition) is 1. The number of Topliss-reactive ketones (excluding diaryl/α,β-unsaturated/α-hetero) is 1. The lowest BCUT2D eigenvalue weighted by Gasteiger charge is -2.26. The van der Waals surface area contributed by atoms with E-state index in [0.29, 0.717) is 34.9 Å². The molecule has 1 heterocycles. The van der Waals surface area contributed by atoms with Crippen LogP contribution in [0.3, 0.4) is 0 Å². The van der Waals surface area contributed by atoms with Crippen LogP contribution in [0.1, 0.15) is 35.2 Å². The summed E-state index contributed by atoms with van der Waals surface area (Å²) < 4.78 is 12.0.